The number of hydrogen-bond acceptors (Lipinski definition) is 4. The number of halogens is 3. The number of aryl methyl sites for hydroxylation is 1. The Balaban J connectivity index is 1.88. The number of benzene rings is 1. The van der Waals surface area contributed by atoms with E-state index in [-0.39, 0.29) is 0 Å². The molecule has 1 aromatic carbocycles. The van der Waals surface area contributed by atoms with E-state index in [4.69, 9.17) is 4.74 Å². The lowest BCUT2D eigenvalue weighted by Gasteiger charge is -2.26. The maximum absolute atomic E-state index is 12.5. The molecule has 132 valence electrons. The minimum absolute atomic E-state index is 0.332. The van der Waals surface area contributed by atoms with Crippen molar-refractivity contribution in [3.8, 4) is 0 Å². The number of nitrogens with one attached hydrogen (secondary N) is 1. The van der Waals surface area contributed by atoms with Crippen molar-refractivity contribution < 1.29 is 27.4 Å². The molecule has 0 radical (unpaired) electrons. The highest BCUT2D eigenvalue weighted by molar-refractivity contribution is 5.76. The summed E-state index contributed by atoms with van der Waals surface area (Å²) in [4.78, 5) is 11.1. The molecule has 1 atom stereocenters. The van der Waals surface area contributed by atoms with Crippen molar-refractivity contribution >= 4 is 5.97 Å². The van der Waals surface area contributed by atoms with Crippen LogP contribution in [0.5, 0.6) is 0 Å². The lowest BCUT2D eigenvalue weighted by molar-refractivity contribution is -0.206. The van der Waals surface area contributed by atoms with Crippen molar-refractivity contribution in [3.63, 3.8) is 0 Å². The zero-order valence-electron chi connectivity index (χ0n) is 13.4. The Morgan fingerprint density at radius 3 is 2.62 bits per heavy atom. The molecule has 0 amide bonds. The molecule has 0 aliphatic carbocycles. The first-order valence-corrected chi connectivity index (χ1v) is 8.14. The molecule has 0 saturated carbocycles. The minimum Gasteiger partial charge on any atom is -0.436 e. The third kappa shape index (κ3) is 3.42. The largest absolute Gasteiger partial charge is 0.490 e. The molecule has 2 heterocycles. The van der Waals surface area contributed by atoms with Crippen molar-refractivity contribution in [3.05, 3.63) is 34.4 Å². The van der Waals surface area contributed by atoms with Gasteiger partial charge in [0.05, 0.1) is 0 Å². The quantitative estimate of drug-likeness (QED) is 0.855. The third-order valence-corrected chi connectivity index (χ3v) is 4.66. The van der Waals surface area contributed by atoms with Gasteiger partial charge in [-0.25, -0.2) is 4.79 Å². The molecule has 1 aromatic rings. The van der Waals surface area contributed by atoms with Crippen molar-refractivity contribution in [2.75, 3.05) is 13.2 Å². The molecule has 2 aliphatic rings. The predicted octanol–water partition coefficient (Wildman–Crippen LogP) is 3.35. The van der Waals surface area contributed by atoms with Crippen LogP contribution >= 0.6 is 0 Å². The summed E-state index contributed by atoms with van der Waals surface area (Å²) >= 11 is 0. The Labute approximate surface area is 138 Å². The molecule has 7 heteroatoms. The number of carbonyl (C=O) groups is 1. The molecule has 24 heavy (non-hydrogen) atoms. The van der Waals surface area contributed by atoms with Crippen LogP contribution in [0.15, 0.2) is 12.1 Å². The van der Waals surface area contributed by atoms with Crippen LogP contribution < -0.4 is 5.32 Å². The molecular weight excluding hydrogens is 323 g/mol. The lowest BCUT2D eigenvalue weighted by Crippen LogP contribution is -2.30. The van der Waals surface area contributed by atoms with Crippen LogP contribution in [-0.4, -0.2) is 25.4 Å². The zero-order chi connectivity index (χ0) is 17.3. The van der Waals surface area contributed by atoms with E-state index in [9.17, 15) is 18.0 Å². The predicted molar refractivity (Wildman–Crippen MR) is 80.3 cm³/mol. The van der Waals surface area contributed by atoms with Gasteiger partial charge in [0.2, 0.25) is 0 Å². The highest BCUT2D eigenvalue weighted by atomic mass is 19.4. The summed E-state index contributed by atoms with van der Waals surface area (Å²) in [6, 6.07) is 3.94. The number of hydrogen-bond donors (Lipinski definition) is 1. The van der Waals surface area contributed by atoms with Gasteiger partial charge in [-0.3, -0.25) is 5.32 Å². The van der Waals surface area contributed by atoms with Crippen LogP contribution in [0.1, 0.15) is 54.2 Å². The summed E-state index contributed by atoms with van der Waals surface area (Å²) in [5, 5.41) is 2.84. The Bertz CT molecular complexity index is 624. The van der Waals surface area contributed by atoms with Crippen molar-refractivity contribution in [1.82, 2.24) is 5.32 Å². The average Bonchev–Trinajstić information content (AvgIpc) is 2.95. The summed E-state index contributed by atoms with van der Waals surface area (Å²) in [5.74, 6) is -1.83. The van der Waals surface area contributed by atoms with Gasteiger partial charge in [0, 0.05) is 25.3 Å². The summed E-state index contributed by atoms with van der Waals surface area (Å²) in [5.41, 5.74) is 3.86. The van der Waals surface area contributed by atoms with Gasteiger partial charge in [-0.2, -0.15) is 13.2 Å². The molecule has 0 spiro atoms. The van der Waals surface area contributed by atoms with Crippen molar-refractivity contribution in [2.45, 2.75) is 51.1 Å². The number of ether oxygens (including phenoxy) is 2. The van der Waals surface area contributed by atoms with E-state index in [1.54, 1.807) is 0 Å². The van der Waals surface area contributed by atoms with Crippen LogP contribution in [0.25, 0.3) is 0 Å². The second-order valence-corrected chi connectivity index (χ2v) is 6.15. The minimum atomic E-state index is -4.99. The molecule has 0 bridgehead atoms. The summed E-state index contributed by atoms with van der Waals surface area (Å²) in [7, 11) is 0. The monoisotopic (exact) mass is 343 g/mol. The van der Waals surface area contributed by atoms with E-state index in [0.29, 0.717) is 31.2 Å². The average molecular weight is 343 g/mol. The molecule has 2 aliphatic heterocycles. The Morgan fingerprint density at radius 1 is 1.29 bits per heavy atom. The standard InChI is InChI=1S/C17H20F3NO3/c1-2-10-7-12-9-21-15(24-16(22)17(18,19)20)14(12)8-13(10)11-3-5-23-6-4-11/h7-8,11,15,21H,2-6,9H2,1H3. The fourth-order valence-corrected chi connectivity index (χ4v) is 3.41. The Hall–Kier alpha value is -1.60. The van der Waals surface area contributed by atoms with Gasteiger partial charge in [0.1, 0.15) is 0 Å². The van der Waals surface area contributed by atoms with Crippen molar-refractivity contribution in [1.29, 1.82) is 0 Å². The van der Waals surface area contributed by atoms with E-state index in [2.05, 4.69) is 17.0 Å². The highest BCUT2D eigenvalue weighted by Gasteiger charge is 2.43. The van der Waals surface area contributed by atoms with E-state index in [1.165, 1.54) is 5.56 Å². The topological polar surface area (TPSA) is 47.6 Å². The van der Waals surface area contributed by atoms with Crippen molar-refractivity contribution in [2.24, 2.45) is 0 Å². The second kappa shape index (κ2) is 6.72. The summed E-state index contributed by atoms with van der Waals surface area (Å²) in [6.07, 6.45) is -3.39. The van der Waals surface area contributed by atoms with Gasteiger partial charge in [-0.05, 0) is 47.9 Å². The fourth-order valence-electron chi connectivity index (χ4n) is 3.41. The van der Waals surface area contributed by atoms with Crippen LogP contribution in [0.3, 0.4) is 0 Å². The molecule has 1 fully saturated rings. The van der Waals surface area contributed by atoms with Gasteiger partial charge < -0.3 is 9.47 Å². The first-order valence-electron chi connectivity index (χ1n) is 8.14. The number of esters is 1. The smallest absolute Gasteiger partial charge is 0.436 e. The molecule has 0 aromatic heterocycles. The molecule has 3 rings (SSSR count). The van der Waals surface area contributed by atoms with E-state index < -0.39 is 18.4 Å². The van der Waals surface area contributed by atoms with Gasteiger partial charge in [-0.15, -0.1) is 0 Å². The first kappa shape index (κ1) is 17.2. The van der Waals surface area contributed by atoms with E-state index in [1.807, 2.05) is 12.1 Å². The molecular formula is C17H20F3NO3. The Kier molecular flexibility index (Phi) is 4.83. The highest BCUT2D eigenvalue weighted by Crippen LogP contribution is 2.36. The second-order valence-electron chi connectivity index (χ2n) is 6.15. The van der Waals surface area contributed by atoms with Gasteiger partial charge >= 0.3 is 12.1 Å². The number of rotatable bonds is 3. The van der Waals surface area contributed by atoms with Crippen LogP contribution in [-0.2, 0) is 27.2 Å². The molecule has 4 nitrogen and oxygen atoms in total. The van der Waals surface area contributed by atoms with Gasteiger partial charge in [0.15, 0.2) is 6.23 Å². The lowest BCUT2D eigenvalue weighted by atomic mass is 9.85. The Morgan fingerprint density at radius 2 is 2.00 bits per heavy atom. The normalized spacial score (nSPS) is 21.6. The third-order valence-electron chi connectivity index (χ3n) is 4.66. The molecule has 1 N–H and O–H groups in total. The SMILES string of the molecule is CCc1cc2c(cc1C1CCOCC1)C(OC(=O)C(F)(F)F)NC2. The maximum atomic E-state index is 12.5. The van der Waals surface area contributed by atoms with E-state index in [0.717, 1.165) is 30.4 Å². The summed E-state index contributed by atoms with van der Waals surface area (Å²) < 4.78 is 47.4. The zero-order valence-corrected chi connectivity index (χ0v) is 13.4. The van der Waals surface area contributed by atoms with E-state index >= 15 is 0 Å². The molecule has 1 unspecified atom stereocenters. The van der Waals surface area contributed by atoms with Crippen LogP contribution in [0.4, 0.5) is 13.2 Å². The molecule has 1 saturated heterocycles. The fraction of sp³-hybridized carbons (Fsp3) is 0.588. The number of alkyl halides is 3. The maximum Gasteiger partial charge on any atom is 0.490 e. The van der Waals surface area contributed by atoms with Crippen LogP contribution in [0, 0.1) is 0 Å². The summed E-state index contributed by atoms with van der Waals surface area (Å²) in [6.45, 7) is 3.84. The number of carbonyl (C=O) groups excluding carboxylic acids is 1. The first-order chi connectivity index (χ1) is 11.4. The van der Waals surface area contributed by atoms with Crippen LogP contribution in [0.2, 0.25) is 0 Å². The van der Waals surface area contributed by atoms with Gasteiger partial charge in [-0.1, -0.05) is 13.0 Å². The number of fused-ring (bicyclic) bond motifs is 1. The van der Waals surface area contributed by atoms with Gasteiger partial charge in [0.25, 0.3) is 0 Å².